The first kappa shape index (κ1) is 21.4. The first-order chi connectivity index (χ1) is 13.9. The van der Waals surface area contributed by atoms with Crippen LogP contribution < -0.4 is 5.32 Å². The maximum atomic E-state index is 12.6. The number of benzene rings is 2. The number of sulfone groups is 1. The van der Waals surface area contributed by atoms with Crippen LogP contribution in [-0.2, 0) is 21.2 Å². The summed E-state index contributed by atoms with van der Waals surface area (Å²) in [4.78, 5) is 17.6. The SMILES string of the molecule is CCCCCSc1nc2ccccc2n1CC(=O)Nc1ccc(S(C)(=O)=O)cc1. The molecule has 3 rings (SSSR count). The molecule has 2 aromatic carbocycles. The molecule has 1 amide bonds. The van der Waals surface area contributed by atoms with E-state index in [1.54, 1.807) is 23.9 Å². The summed E-state index contributed by atoms with van der Waals surface area (Å²) in [7, 11) is -3.26. The van der Waals surface area contributed by atoms with Crippen molar-refractivity contribution in [1.82, 2.24) is 9.55 Å². The molecule has 0 saturated heterocycles. The molecule has 1 N–H and O–H groups in total. The van der Waals surface area contributed by atoms with Gasteiger partial charge in [-0.1, -0.05) is 43.7 Å². The number of hydrogen-bond acceptors (Lipinski definition) is 5. The van der Waals surface area contributed by atoms with Gasteiger partial charge in [0.15, 0.2) is 15.0 Å². The van der Waals surface area contributed by atoms with Crippen LogP contribution in [0, 0.1) is 0 Å². The second kappa shape index (κ2) is 9.45. The van der Waals surface area contributed by atoms with Crippen LogP contribution in [0.1, 0.15) is 26.2 Å². The van der Waals surface area contributed by atoms with E-state index in [-0.39, 0.29) is 17.3 Å². The van der Waals surface area contributed by atoms with Gasteiger partial charge in [0.1, 0.15) is 6.54 Å². The number of imidazole rings is 1. The summed E-state index contributed by atoms with van der Waals surface area (Å²) in [6.07, 6.45) is 4.61. The Morgan fingerprint density at radius 1 is 1.10 bits per heavy atom. The van der Waals surface area contributed by atoms with E-state index in [2.05, 4.69) is 17.2 Å². The number of amides is 1. The molecule has 3 aromatic rings. The monoisotopic (exact) mass is 431 g/mol. The molecule has 0 aliphatic carbocycles. The molecule has 1 aromatic heterocycles. The number of hydrogen-bond donors (Lipinski definition) is 1. The number of nitrogens with zero attached hydrogens (tertiary/aromatic N) is 2. The van der Waals surface area contributed by atoms with Crippen LogP contribution in [-0.4, -0.2) is 35.9 Å². The Bertz CT molecular complexity index is 1090. The van der Waals surface area contributed by atoms with Crippen molar-refractivity contribution in [3.8, 4) is 0 Å². The van der Waals surface area contributed by atoms with Crippen LogP contribution in [0.4, 0.5) is 5.69 Å². The van der Waals surface area contributed by atoms with E-state index in [4.69, 9.17) is 0 Å². The van der Waals surface area contributed by atoms with E-state index >= 15 is 0 Å². The standard InChI is InChI=1S/C21H25N3O3S2/c1-3-4-7-14-28-21-23-18-8-5-6-9-19(18)24(21)15-20(25)22-16-10-12-17(13-11-16)29(2,26)27/h5-6,8-13H,3-4,7,14-15H2,1-2H3,(H,22,25). The quantitative estimate of drug-likeness (QED) is 0.402. The third-order valence-electron chi connectivity index (χ3n) is 4.47. The van der Waals surface area contributed by atoms with Crippen molar-refractivity contribution in [2.75, 3.05) is 17.3 Å². The highest BCUT2D eigenvalue weighted by Crippen LogP contribution is 2.25. The number of carbonyl (C=O) groups excluding carboxylic acids is 1. The summed E-state index contributed by atoms with van der Waals surface area (Å²) in [5.74, 6) is 0.779. The van der Waals surface area contributed by atoms with Crippen molar-refractivity contribution < 1.29 is 13.2 Å². The van der Waals surface area contributed by atoms with Crippen LogP contribution in [0.25, 0.3) is 11.0 Å². The fourth-order valence-corrected chi connectivity index (χ4v) is 4.60. The Hall–Kier alpha value is -2.32. The van der Waals surface area contributed by atoms with Crippen molar-refractivity contribution in [3.63, 3.8) is 0 Å². The average Bonchev–Trinajstić information content (AvgIpc) is 3.02. The van der Waals surface area contributed by atoms with Gasteiger partial charge in [-0.15, -0.1) is 0 Å². The van der Waals surface area contributed by atoms with E-state index in [1.165, 1.54) is 18.6 Å². The van der Waals surface area contributed by atoms with Gasteiger partial charge in [0, 0.05) is 17.7 Å². The lowest BCUT2D eigenvalue weighted by Gasteiger charge is -2.10. The van der Waals surface area contributed by atoms with Gasteiger partial charge in [0.2, 0.25) is 5.91 Å². The zero-order chi connectivity index (χ0) is 20.9. The Morgan fingerprint density at radius 2 is 1.83 bits per heavy atom. The molecule has 8 heteroatoms. The first-order valence-corrected chi connectivity index (χ1v) is 12.4. The first-order valence-electron chi connectivity index (χ1n) is 9.56. The van der Waals surface area contributed by atoms with Gasteiger partial charge < -0.3 is 9.88 Å². The summed E-state index contributed by atoms with van der Waals surface area (Å²) in [6, 6.07) is 14.0. The van der Waals surface area contributed by atoms with Gasteiger partial charge in [-0.2, -0.15) is 0 Å². The molecule has 0 aliphatic heterocycles. The van der Waals surface area contributed by atoms with Crippen molar-refractivity contribution in [1.29, 1.82) is 0 Å². The van der Waals surface area contributed by atoms with E-state index in [0.29, 0.717) is 5.69 Å². The van der Waals surface area contributed by atoms with E-state index in [1.807, 2.05) is 28.8 Å². The van der Waals surface area contributed by atoms with Crippen molar-refractivity contribution in [2.45, 2.75) is 42.8 Å². The Kier molecular flexibility index (Phi) is 6.97. The number of fused-ring (bicyclic) bond motifs is 1. The van der Waals surface area contributed by atoms with Crippen molar-refractivity contribution in [2.24, 2.45) is 0 Å². The molecule has 0 aliphatic rings. The molecule has 154 valence electrons. The average molecular weight is 432 g/mol. The Morgan fingerprint density at radius 3 is 2.52 bits per heavy atom. The number of unbranched alkanes of at least 4 members (excludes halogenated alkanes) is 2. The lowest BCUT2D eigenvalue weighted by molar-refractivity contribution is -0.116. The maximum absolute atomic E-state index is 12.6. The molecule has 0 bridgehead atoms. The second-order valence-electron chi connectivity index (χ2n) is 6.87. The molecule has 0 unspecified atom stereocenters. The summed E-state index contributed by atoms with van der Waals surface area (Å²) < 4.78 is 25.1. The summed E-state index contributed by atoms with van der Waals surface area (Å²) >= 11 is 1.67. The summed E-state index contributed by atoms with van der Waals surface area (Å²) in [5.41, 5.74) is 2.35. The van der Waals surface area contributed by atoms with Crippen molar-refractivity contribution >= 4 is 44.2 Å². The Labute approximate surface area is 175 Å². The highest BCUT2D eigenvalue weighted by atomic mass is 32.2. The molecule has 29 heavy (non-hydrogen) atoms. The second-order valence-corrected chi connectivity index (χ2v) is 9.95. The minimum Gasteiger partial charge on any atom is -0.325 e. The topological polar surface area (TPSA) is 81.1 Å². The van der Waals surface area contributed by atoms with Crippen LogP contribution in [0.2, 0.25) is 0 Å². The highest BCUT2D eigenvalue weighted by Gasteiger charge is 2.14. The molecular formula is C21H25N3O3S2. The number of rotatable bonds is 9. The van der Waals surface area contributed by atoms with E-state index in [0.717, 1.165) is 41.0 Å². The molecule has 0 radical (unpaired) electrons. The predicted molar refractivity (Wildman–Crippen MR) is 118 cm³/mol. The molecule has 0 atom stereocenters. The third kappa shape index (κ3) is 5.61. The van der Waals surface area contributed by atoms with Gasteiger partial charge in [0.25, 0.3) is 0 Å². The fraction of sp³-hybridized carbons (Fsp3) is 0.333. The third-order valence-corrected chi connectivity index (χ3v) is 6.66. The summed E-state index contributed by atoms with van der Waals surface area (Å²) in [6.45, 7) is 2.32. The number of para-hydroxylation sites is 2. The number of aromatic nitrogens is 2. The van der Waals surface area contributed by atoms with Crippen LogP contribution >= 0.6 is 11.8 Å². The lowest BCUT2D eigenvalue weighted by Crippen LogP contribution is -2.19. The van der Waals surface area contributed by atoms with Gasteiger partial charge in [-0.05, 0) is 42.8 Å². The predicted octanol–water partition coefficient (Wildman–Crippen LogP) is 4.36. The van der Waals surface area contributed by atoms with Gasteiger partial charge in [-0.3, -0.25) is 4.79 Å². The Balaban J connectivity index is 1.75. The molecular weight excluding hydrogens is 406 g/mol. The van der Waals surface area contributed by atoms with E-state index < -0.39 is 9.84 Å². The van der Waals surface area contributed by atoms with Gasteiger partial charge >= 0.3 is 0 Å². The number of nitrogens with one attached hydrogen (secondary N) is 1. The molecule has 1 heterocycles. The smallest absolute Gasteiger partial charge is 0.244 e. The highest BCUT2D eigenvalue weighted by molar-refractivity contribution is 7.99. The van der Waals surface area contributed by atoms with Crippen LogP contribution in [0.5, 0.6) is 0 Å². The molecule has 0 saturated carbocycles. The van der Waals surface area contributed by atoms with Crippen molar-refractivity contribution in [3.05, 3.63) is 48.5 Å². The minimum atomic E-state index is -3.26. The minimum absolute atomic E-state index is 0.143. The van der Waals surface area contributed by atoms with E-state index in [9.17, 15) is 13.2 Å². The lowest BCUT2D eigenvalue weighted by atomic mass is 10.3. The van der Waals surface area contributed by atoms with Crippen LogP contribution in [0.3, 0.4) is 0 Å². The van der Waals surface area contributed by atoms with Crippen LogP contribution in [0.15, 0.2) is 58.6 Å². The number of anilines is 1. The summed E-state index contributed by atoms with van der Waals surface area (Å²) in [5, 5.41) is 3.67. The van der Waals surface area contributed by atoms with Gasteiger partial charge in [0.05, 0.1) is 15.9 Å². The normalized spacial score (nSPS) is 11.7. The zero-order valence-electron chi connectivity index (χ0n) is 16.6. The maximum Gasteiger partial charge on any atom is 0.244 e. The number of thioether (sulfide) groups is 1. The largest absolute Gasteiger partial charge is 0.325 e. The number of carbonyl (C=O) groups is 1. The molecule has 6 nitrogen and oxygen atoms in total. The molecule has 0 spiro atoms. The fourth-order valence-electron chi connectivity index (χ4n) is 2.96. The zero-order valence-corrected chi connectivity index (χ0v) is 18.2. The molecule has 0 fully saturated rings. The van der Waals surface area contributed by atoms with Gasteiger partial charge in [-0.25, -0.2) is 13.4 Å².